The summed E-state index contributed by atoms with van der Waals surface area (Å²) in [5.74, 6) is 0.958. The molecule has 0 fully saturated rings. The first-order valence-corrected chi connectivity index (χ1v) is 12.4. The van der Waals surface area contributed by atoms with E-state index in [1.807, 2.05) is 24.9 Å². The van der Waals surface area contributed by atoms with Gasteiger partial charge in [0.25, 0.3) is 0 Å². The number of hydrogen-bond acceptors (Lipinski definition) is 3. The summed E-state index contributed by atoms with van der Waals surface area (Å²) < 4.78 is 43.5. The van der Waals surface area contributed by atoms with Crippen LogP contribution in [0.2, 0.25) is 0 Å². The lowest BCUT2D eigenvalue weighted by Gasteiger charge is -2.35. The Labute approximate surface area is 202 Å². The van der Waals surface area contributed by atoms with E-state index in [1.54, 1.807) is 12.1 Å². The molecule has 1 atom stereocenters. The minimum Gasteiger partial charge on any atom is -0.368 e. The van der Waals surface area contributed by atoms with Crippen LogP contribution in [0.1, 0.15) is 62.7 Å². The molecule has 0 bridgehead atoms. The molecule has 4 nitrogen and oxygen atoms in total. The summed E-state index contributed by atoms with van der Waals surface area (Å²) in [6.07, 6.45) is 2.14. The quantitative estimate of drug-likeness (QED) is 0.293. The van der Waals surface area contributed by atoms with E-state index >= 15 is 0 Å². The van der Waals surface area contributed by atoms with Gasteiger partial charge in [0.2, 0.25) is 0 Å². The number of hydrogen-bond donors (Lipinski definition) is 0. The lowest BCUT2D eigenvalue weighted by atomic mass is 9.91. The van der Waals surface area contributed by atoms with Crippen molar-refractivity contribution in [1.29, 1.82) is 5.26 Å². The van der Waals surface area contributed by atoms with Crippen LogP contribution in [0.3, 0.4) is 0 Å². The number of halogens is 4. The first-order chi connectivity index (χ1) is 15.2. The fourth-order valence-corrected chi connectivity index (χ4v) is 4.04. The third-order valence-corrected chi connectivity index (χ3v) is 5.53. The highest BCUT2D eigenvalue weighted by Gasteiger charge is 2.35. The highest BCUT2D eigenvalue weighted by Crippen LogP contribution is 2.37. The number of nitriles is 1. The van der Waals surface area contributed by atoms with Crippen LogP contribution in [0.25, 0.3) is 5.57 Å². The molecule has 0 saturated heterocycles. The maximum absolute atomic E-state index is 13.4. The molecule has 1 heterocycles. The molecule has 3 rings (SSSR count). The van der Waals surface area contributed by atoms with Crippen LogP contribution < -0.4 is 4.90 Å². The summed E-state index contributed by atoms with van der Waals surface area (Å²) in [6.45, 7) is 9.53. The Balaban J connectivity index is 0.00000114. The third kappa shape index (κ3) is 6.27. The Bertz CT molecular complexity index is 973. The number of aryl methyl sites for hydroxylation is 2. The standard InChI is InChI=1S/C22H25F3N4.C2H5I/c1-4-28-14-21(27-15(28)3)16-7-6-8-18(11-16)29(5-2)19-10-9-17(13-26)20(12-19)22(23,24)25;1-2-3/h7,9-10,12,14,18H,4-6,8,11H2,1-3H3;2H2,1H3. The fraction of sp³-hybridized carbons (Fsp3) is 0.500. The Morgan fingerprint density at radius 2 is 1.97 bits per heavy atom. The number of allylic oxidation sites excluding steroid dienone is 1. The predicted molar refractivity (Wildman–Crippen MR) is 132 cm³/mol. The molecule has 1 aromatic heterocycles. The second kappa shape index (κ2) is 11.7. The van der Waals surface area contributed by atoms with Crippen molar-refractivity contribution in [3.05, 3.63) is 53.1 Å². The molecule has 8 heteroatoms. The molecule has 0 aliphatic heterocycles. The Kier molecular flexibility index (Phi) is 9.62. The van der Waals surface area contributed by atoms with E-state index in [4.69, 9.17) is 5.26 Å². The zero-order valence-electron chi connectivity index (χ0n) is 19.0. The van der Waals surface area contributed by atoms with Gasteiger partial charge in [0.15, 0.2) is 0 Å². The average Bonchev–Trinajstić information content (AvgIpc) is 3.15. The van der Waals surface area contributed by atoms with Crippen LogP contribution in [0.4, 0.5) is 18.9 Å². The summed E-state index contributed by atoms with van der Waals surface area (Å²) in [6, 6.07) is 5.73. The molecule has 0 saturated carbocycles. The van der Waals surface area contributed by atoms with Crippen molar-refractivity contribution < 1.29 is 13.2 Å². The highest BCUT2D eigenvalue weighted by atomic mass is 127. The predicted octanol–water partition coefficient (Wildman–Crippen LogP) is 7.01. The Hall–Kier alpha value is -2.02. The van der Waals surface area contributed by atoms with Crippen molar-refractivity contribution in [3.8, 4) is 6.07 Å². The van der Waals surface area contributed by atoms with Crippen molar-refractivity contribution >= 4 is 33.9 Å². The van der Waals surface area contributed by atoms with E-state index in [-0.39, 0.29) is 11.6 Å². The summed E-state index contributed by atoms with van der Waals surface area (Å²) in [5.41, 5.74) is 1.36. The van der Waals surface area contributed by atoms with Crippen LogP contribution >= 0.6 is 22.6 Å². The molecule has 1 unspecified atom stereocenters. The number of alkyl halides is 4. The van der Waals surface area contributed by atoms with Crippen LogP contribution in [0.5, 0.6) is 0 Å². The van der Waals surface area contributed by atoms with Crippen LogP contribution in [0.15, 0.2) is 30.5 Å². The van der Waals surface area contributed by atoms with Crippen molar-refractivity contribution in [2.75, 3.05) is 15.9 Å². The van der Waals surface area contributed by atoms with Gasteiger partial charge in [-0.2, -0.15) is 18.4 Å². The van der Waals surface area contributed by atoms with E-state index in [0.717, 1.165) is 49.0 Å². The van der Waals surface area contributed by atoms with Crippen molar-refractivity contribution in [2.45, 2.75) is 65.7 Å². The lowest BCUT2D eigenvalue weighted by Crippen LogP contribution is -2.36. The van der Waals surface area contributed by atoms with Gasteiger partial charge in [-0.1, -0.05) is 35.6 Å². The first kappa shape index (κ1) is 26.2. The molecule has 0 radical (unpaired) electrons. The molecule has 32 heavy (non-hydrogen) atoms. The van der Waals surface area contributed by atoms with Crippen molar-refractivity contribution in [3.63, 3.8) is 0 Å². The average molecular weight is 558 g/mol. The van der Waals surface area contributed by atoms with Gasteiger partial charge in [0.05, 0.1) is 22.9 Å². The summed E-state index contributed by atoms with van der Waals surface area (Å²) >= 11 is 2.29. The molecule has 1 aliphatic carbocycles. The van der Waals surface area contributed by atoms with Gasteiger partial charge in [-0.05, 0) is 68.2 Å². The topological polar surface area (TPSA) is 44.9 Å². The maximum atomic E-state index is 13.4. The molecule has 174 valence electrons. The van der Waals surface area contributed by atoms with Gasteiger partial charge < -0.3 is 9.47 Å². The van der Waals surface area contributed by atoms with E-state index < -0.39 is 11.7 Å². The minimum atomic E-state index is -4.55. The number of imidazole rings is 1. The number of anilines is 1. The smallest absolute Gasteiger partial charge is 0.368 e. The van der Waals surface area contributed by atoms with Gasteiger partial charge in [0.1, 0.15) is 5.82 Å². The number of rotatable bonds is 5. The normalized spacial score (nSPS) is 16.0. The summed E-state index contributed by atoms with van der Waals surface area (Å²) in [7, 11) is 0. The Morgan fingerprint density at radius 1 is 1.28 bits per heavy atom. The van der Waals surface area contributed by atoms with Crippen molar-refractivity contribution in [2.24, 2.45) is 0 Å². The minimum absolute atomic E-state index is 0.0844. The second-order valence-corrected chi connectivity index (χ2v) is 9.04. The first-order valence-electron chi connectivity index (χ1n) is 10.9. The molecular weight excluding hydrogens is 528 g/mol. The monoisotopic (exact) mass is 558 g/mol. The third-order valence-electron chi connectivity index (χ3n) is 5.53. The van der Waals surface area contributed by atoms with Crippen LogP contribution in [-0.2, 0) is 12.7 Å². The van der Waals surface area contributed by atoms with E-state index in [2.05, 4.69) is 52.1 Å². The number of benzene rings is 1. The van der Waals surface area contributed by atoms with Crippen molar-refractivity contribution in [1.82, 2.24) is 9.55 Å². The largest absolute Gasteiger partial charge is 0.417 e. The maximum Gasteiger partial charge on any atom is 0.417 e. The molecule has 1 aliphatic rings. The van der Waals surface area contributed by atoms with Gasteiger partial charge in [-0.25, -0.2) is 4.98 Å². The molecule has 2 aromatic rings. The highest BCUT2D eigenvalue weighted by molar-refractivity contribution is 14.1. The number of nitrogens with zero attached hydrogens (tertiary/aromatic N) is 4. The molecular formula is C24H30F3IN4. The fourth-order valence-electron chi connectivity index (χ4n) is 4.04. The van der Waals surface area contributed by atoms with Gasteiger partial charge in [0, 0.05) is 31.0 Å². The second-order valence-electron chi connectivity index (χ2n) is 7.52. The van der Waals surface area contributed by atoms with Gasteiger partial charge >= 0.3 is 6.18 Å². The zero-order chi connectivity index (χ0) is 23.9. The molecule has 0 spiro atoms. The SMILES string of the molecule is CCI.CCN(c1ccc(C#N)c(C(F)(F)F)c1)C1CCC=C(c2cn(CC)c(C)n2)C1. The number of aromatic nitrogens is 2. The summed E-state index contributed by atoms with van der Waals surface area (Å²) in [5, 5.41) is 9.04. The van der Waals surface area contributed by atoms with Crippen LogP contribution in [-0.4, -0.2) is 26.6 Å². The van der Waals surface area contributed by atoms with E-state index in [0.29, 0.717) is 12.2 Å². The lowest BCUT2D eigenvalue weighted by molar-refractivity contribution is -0.137. The van der Waals surface area contributed by atoms with E-state index in [1.165, 1.54) is 10.5 Å². The van der Waals surface area contributed by atoms with Crippen LogP contribution in [0, 0.1) is 18.3 Å². The molecule has 0 N–H and O–H groups in total. The molecule has 0 amide bonds. The van der Waals surface area contributed by atoms with Gasteiger partial charge in [-0.3, -0.25) is 0 Å². The zero-order valence-corrected chi connectivity index (χ0v) is 21.2. The molecule has 1 aromatic carbocycles. The van der Waals surface area contributed by atoms with Gasteiger partial charge in [-0.15, -0.1) is 0 Å². The van der Waals surface area contributed by atoms with E-state index in [9.17, 15) is 13.2 Å². The summed E-state index contributed by atoms with van der Waals surface area (Å²) in [4.78, 5) is 6.66. The Morgan fingerprint density at radius 3 is 2.50 bits per heavy atom.